The summed E-state index contributed by atoms with van der Waals surface area (Å²) in [5, 5.41) is 2.70. The standard InChI is InChI=1S/C15H21IN2O2/c1-4-8-18(9-5-2)15(20)14(19)17-13-7-6-12(16)10-11(13)3/h6-7,10H,4-5,8-9H2,1-3H3,(H,17,19). The number of benzene rings is 1. The third-order valence-corrected chi connectivity index (χ3v) is 3.58. The van der Waals surface area contributed by atoms with Crippen LogP contribution in [0.5, 0.6) is 0 Å². The van der Waals surface area contributed by atoms with Gasteiger partial charge < -0.3 is 10.2 Å². The Kier molecular flexibility index (Phi) is 6.98. The van der Waals surface area contributed by atoms with Crippen molar-refractivity contribution in [2.24, 2.45) is 0 Å². The molecule has 1 aromatic rings. The highest BCUT2D eigenvalue weighted by Gasteiger charge is 2.21. The molecule has 1 N–H and O–H groups in total. The summed E-state index contributed by atoms with van der Waals surface area (Å²) in [6, 6.07) is 5.70. The maximum Gasteiger partial charge on any atom is 0.313 e. The summed E-state index contributed by atoms with van der Waals surface area (Å²) in [6.07, 6.45) is 1.70. The summed E-state index contributed by atoms with van der Waals surface area (Å²) in [6.45, 7) is 7.14. The first-order valence-corrected chi connectivity index (χ1v) is 7.93. The number of aryl methyl sites for hydroxylation is 1. The molecule has 0 aliphatic heterocycles. The molecule has 1 rings (SSSR count). The predicted octanol–water partition coefficient (Wildman–Crippen LogP) is 3.19. The van der Waals surface area contributed by atoms with Crippen molar-refractivity contribution in [2.45, 2.75) is 33.6 Å². The van der Waals surface area contributed by atoms with Crippen LogP contribution in [0.2, 0.25) is 0 Å². The van der Waals surface area contributed by atoms with Gasteiger partial charge in [0.15, 0.2) is 0 Å². The molecule has 0 spiro atoms. The number of halogens is 1. The van der Waals surface area contributed by atoms with Crippen LogP contribution in [-0.2, 0) is 9.59 Å². The lowest BCUT2D eigenvalue weighted by Crippen LogP contribution is -2.40. The number of nitrogens with one attached hydrogen (secondary N) is 1. The lowest BCUT2D eigenvalue weighted by molar-refractivity contribution is -0.143. The highest BCUT2D eigenvalue weighted by molar-refractivity contribution is 14.1. The van der Waals surface area contributed by atoms with E-state index in [0.717, 1.165) is 22.0 Å². The molecule has 0 aliphatic carbocycles. The average molecular weight is 388 g/mol. The molecule has 1 aromatic carbocycles. The molecule has 5 heteroatoms. The number of hydrogen-bond donors (Lipinski definition) is 1. The molecule has 0 aliphatic rings. The third-order valence-electron chi connectivity index (χ3n) is 2.91. The van der Waals surface area contributed by atoms with E-state index in [-0.39, 0.29) is 0 Å². The Morgan fingerprint density at radius 2 is 1.80 bits per heavy atom. The zero-order valence-electron chi connectivity index (χ0n) is 12.2. The minimum absolute atomic E-state index is 0.452. The quantitative estimate of drug-likeness (QED) is 0.622. The molecule has 4 nitrogen and oxygen atoms in total. The van der Waals surface area contributed by atoms with Crippen molar-refractivity contribution in [1.29, 1.82) is 0 Å². The Morgan fingerprint density at radius 1 is 1.20 bits per heavy atom. The number of carbonyl (C=O) groups is 2. The Morgan fingerprint density at radius 3 is 2.30 bits per heavy atom. The number of anilines is 1. The van der Waals surface area contributed by atoms with Gasteiger partial charge >= 0.3 is 11.8 Å². The van der Waals surface area contributed by atoms with E-state index in [1.807, 2.05) is 39.0 Å². The molecule has 0 bridgehead atoms. The van der Waals surface area contributed by atoms with Crippen LogP contribution in [0.15, 0.2) is 18.2 Å². The molecule has 0 aromatic heterocycles. The van der Waals surface area contributed by atoms with Crippen LogP contribution in [0.3, 0.4) is 0 Å². The van der Waals surface area contributed by atoms with Crippen molar-refractivity contribution in [3.63, 3.8) is 0 Å². The van der Waals surface area contributed by atoms with Crippen molar-refractivity contribution in [1.82, 2.24) is 4.90 Å². The molecule has 20 heavy (non-hydrogen) atoms. The summed E-state index contributed by atoms with van der Waals surface area (Å²) >= 11 is 2.21. The normalized spacial score (nSPS) is 10.2. The van der Waals surface area contributed by atoms with Crippen LogP contribution < -0.4 is 5.32 Å². The van der Waals surface area contributed by atoms with Gasteiger partial charge in [0.2, 0.25) is 0 Å². The monoisotopic (exact) mass is 388 g/mol. The summed E-state index contributed by atoms with van der Waals surface area (Å²) in [5.74, 6) is -1.01. The predicted molar refractivity (Wildman–Crippen MR) is 89.7 cm³/mol. The smallest absolute Gasteiger partial charge is 0.313 e. The average Bonchev–Trinajstić information content (AvgIpc) is 2.40. The van der Waals surface area contributed by atoms with Crippen LogP contribution in [0.4, 0.5) is 5.69 Å². The highest BCUT2D eigenvalue weighted by Crippen LogP contribution is 2.17. The van der Waals surface area contributed by atoms with Crippen LogP contribution in [0.1, 0.15) is 32.3 Å². The molecule has 0 fully saturated rings. The Labute approximate surface area is 134 Å². The number of rotatable bonds is 5. The third kappa shape index (κ3) is 4.77. The van der Waals surface area contributed by atoms with Gasteiger partial charge in [-0.3, -0.25) is 9.59 Å². The van der Waals surface area contributed by atoms with Crippen molar-refractivity contribution in [2.75, 3.05) is 18.4 Å². The first-order chi connectivity index (χ1) is 9.49. The van der Waals surface area contributed by atoms with E-state index in [2.05, 4.69) is 27.9 Å². The molecule has 0 saturated carbocycles. The van der Waals surface area contributed by atoms with Gasteiger partial charge in [0.1, 0.15) is 0 Å². The summed E-state index contributed by atoms with van der Waals surface area (Å²) < 4.78 is 1.10. The fourth-order valence-corrected chi connectivity index (χ4v) is 2.59. The second-order valence-corrected chi connectivity index (χ2v) is 5.95. The second kappa shape index (κ2) is 8.24. The fraction of sp³-hybridized carbons (Fsp3) is 0.467. The van der Waals surface area contributed by atoms with E-state index in [1.165, 1.54) is 0 Å². The molecule has 110 valence electrons. The number of hydrogen-bond acceptors (Lipinski definition) is 2. The van der Waals surface area contributed by atoms with E-state index in [0.29, 0.717) is 18.8 Å². The van der Waals surface area contributed by atoms with E-state index in [1.54, 1.807) is 4.90 Å². The van der Waals surface area contributed by atoms with Gasteiger partial charge in [0.05, 0.1) is 0 Å². The van der Waals surface area contributed by atoms with Crippen molar-refractivity contribution in [3.05, 3.63) is 27.3 Å². The lowest BCUT2D eigenvalue weighted by atomic mass is 10.2. The Hall–Kier alpha value is -1.11. The summed E-state index contributed by atoms with van der Waals surface area (Å²) in [5.41, 5.74) is 1.65. The SMILES string of the molecule is CCCN(CCC)C(=O)C(=O)Nc1ccc(I)cc1C. The molecule has 0 radical (unpaired) electrons. The van der Waals surface area contributed by atoms with Gasteiger partial charge in [-0.05, 0) is 66.1 Å². The molecule has 0 saturated heterocycles. The van der Waals surface area contributed by atoms with Crippen LogP contribution in [-0.4, -0.2) is 29.8 Å². The number of nitrogens with zero attached hydrogens (tertiary/aromatic N) is 1. The minimum atomic E-state index is -0.559. The van der Waals surface area contributed by atoms with Gasteiger partial charge in [0, 0.05) is 22.3 Å². The first kappa shape index (κ1) is 16.9. The molecule has 2 amide bonds. The van der Waals surface area contributed by atoms with E-state index in [9.17, 15) is 9.59 Å². The first-order valence-electron chi connectivity index (χ1n) is 6.86. The second-order valence-electron chi connectivity index (χ2n) is 4.71. The van der Waals surface area contributed by atoms with Gasteiger partial charge in [-0.2, -0.15) is 0 Å². The summed E-state index contributed by atoms with van der Waals surface area (Å²) in [4.78, 5) is 25.8. The van der Waals surface area contributed by atoms with Gasteiger partial charge in [-0.1, -0.05) is 13.8 Å². The van der Waals surface area contributed by atoms with Crippen LogP contribution in [0.25, 0.3) is 0 Å². The topological polar surface area (TPSA) is 49.4 Å². The van der Waals surface area contributed by atoms with Crippen LogP contribution in [0, 0.1) is 10.5 Å². The molecule has 0 heterocycles. The van der Waals surface area contributed by atoms with E-state index < -0.39 is 11.8 Å². The largest absolute Gasteiger partial charge is 0.334 e. The molecule has 0 unspecified atom stereocenters. The Bertz CT molecular complexity index is 483. The van der Waals surface area contributed by atoms with Crippen molar-refractivity contribution < 1.29 is 9.59 Å². The van der Waals surface area contributed by atoms with Gasteiger partial charge in [0.25, 0.3) is 0 Å². The van der Waals surface area contributed by atoms with Crippen molar-refractivity contribution >= 4 is 40.1 Å². The van der Waals surface area contributed by atoms with Gasteiger partial charge in [-0.15, -0.1) is 0 Å². The maximum atomic E-state index is 12.1. The van der Waals surface area contributed by atoms with E-state index in [4.69, 9.17) is 0 Å². The van der Waals surface area contributed by atoms with Gasteiger partial charge in [-0.25, -0.2) is 0 Å². The van der Waals surface area contributed by atoms with Crippen molar-refractivity contribution in [3.8, 4) is 0 Å². The number of amides is 2. The fourth-order valence-electron chi connectivity index (χ4n) is 1.94. The summed E-state index contributed by atoms with van der Waals surface area (Å²) in [7, 11) is 0. The molecular weight excluding hydrogens is 367 g/mol. The minimum Gasteiger partial charge on any atom is -0.334 e. The maximum absolute atomic E-state index is 12.1. The Balaban J connectivity index is 2.76. The lowest BCUT2D eigenvalue weighted by Gasteiger charge is -2.20. The zero-order valence-corrected chi connectivity index (χ0v) is 14.4. The van der Waals surface area contributed by atoms with Crippen LogP contribution >= 0.6 is 22.6 Å². The molecule has 0 atom stereocenters. The molecular formula is C15H21IN2O2. The number of carbonyl (C=O) groups excluding carboxylic acids is 2. The zero-order chi connectivity index (χ0) is 15.1. The highest BCUT2D eigenvalue weighted by atomic mass is 127. The van der Waals surface area contributed by atoms with E-state index >= 15 is 0 Å².